The summed E-state index contributed by atoms with van der Waals surface area (Å²) in [5, 5.41) is 7.05. The van der Waals surface area contributed by atoms with Gasteiger partial charge in [-0.15, -0.1) is 0 Å². The molecule has 1 aromatic heterocycles. The minimum Gasteiger partial charge on any atom is -0.361 e. The van der Waals surface area contributed by atoms with Crippen LogP contribution >= 0.6 is 0 Å². The maximum atomic E-state index is 11.3. The van der Waals surface area contributed by atoms with Gasteiger partial charge in [-0.3, -0.25) is 0 Å². The highest BCUT2D eigenvalue weighted by molar-refractivity contribution is 7.91. The van der Waals surface area contributed by atoms with Gasteiger partial charge >= 0.3 is 0 Å². The van der Waals surface area contributed by atoms with Gasteiger partial charge in [0.15, 0.2) is 9.84 Å². The largest absolute Gasteiger partial charge is 0.361 e. The van der Waals surface area contributed by atoms with E-state index in [9.17, 15) is 8.42 Å². The van der Waals surface area contributed by atoms with Gasteiger partial charge < -0.3 is 9.84 Å². The van der Waals surface area contributed by atoms with E-state index in [1.54, 1.807) is 6.92 Å². The molecule has 0 fully saturated rings. The molecule has 6 heteroatoms. The third-order valence-corrected chi connectivity index (χ3v) is 4.53. The zero-order valence-electron chi connectivity index (χ0n) is 10.8. The Morgan fingerprint density at radius 1 is 1.41 bits per heavy atom. The summed E-state index contributed by atoms with van der Waals surface area (Å²) in [6.45, 7) is 7.82. The van der Waals surface area contributed by atoms with Gasteiger partial charge in [0.2, 0.25) is 0 Å². The first-order chi connectivity index (χ1) is 7.87. The molecule has 0 amide bonds. The SMILES string of the molecule is CCS(=O)(=O)CCNC(C)c1c(C)noc1C. The molecule has 0 radical (unpaired) electrons. The monoisotopic (exact) mass is 260 g/mol. The van der Waals surface area contributed by atoms with Gasteiger partial charge in [-0.2, -0.15) is 0 Å². The molecule has 0 aromatic carbocycles. The van der Waals surface area contributed by atoms with Crippen molar-refractivity contribution in [2.45, 2.75) is 33.7 Å². The molecule has 1 unspecified atom stereocenters. The van der Waals surface area contributed by atoms with Crippen LogP contribution in [-0.4, -0.2) is 31.6 Å². The molecule has 0 bridgehead atoms. The Morgan fingerprint density at radius 2 is 2.06 bits per heavy atom. The molecule has 0 saturated heterocycles. The maximum Gasteiger partial charge on any atom is 0.151 e. The minimum atomic E-state index is -2.91. The predicted octanol–water partition coefficient (Wildman–Crippen LogP) is 1.38. The molecule has 1 N–H and O–H groups in total. The number of rotatable bonds is 6. The van der Waals surface area contributed by atoms with E-state index in [2.05, 4.69) is 10.5 Å². The molecule has 1 aromatic rings. The Hall–Kier alpha value is -0.880. The Morgan fingerprint density at radius 3 is 2.53 bits per heavy atom. The van der Waals surface area contributed by atoms with Crippen LogP contribution in [-0.2, 0) is 9.84 Å². The lowest BCUT2D eigenvalue weighted by Crippen LogP contribution is -2.26. The van der Waals surface area contributed by atoms with Crippen LogP contribution in [0, 0.1) is 13.8 Å². The first kappa shape index (κ1) is 14.2. The van der Waals surface area contributed by atoms with Gasteiger partial charge in [0.05, 0.1) is 11.4 Å². The van der Waals surface area contributed by atoms with E-state index in [0.717, 1.165) is 17.0 Å². The lowest BCUT2D eigenvalue weighted by molar-refractivity contribution is 0.390. The lowest BCUT2D eigenvalue weighted by Gasteiger charge is -2.13. The predicted molar refractivity (Wildman–Crippen MR) is 66.7 cm³/mol. The van der Waals surface area contributed by atoms with Crippen molar-refractivity contribution in [3.63, 3.8) is 0 Å². The van der Waals surface area contributed by atoms with Crippen molar-refractivity contribution in [3.05, 3.63) is 17.0 Å². The van der Waals surface area contributed by atoms with E-state index < -0.39 is 9.84 Å². The van der Waals surface area contributed by atoms with Crippen molar-refractivity contribution < 1.29 is 12.9 Å². The summed E-state index contributed by atoms with van der Waals surface area (Å²) in [5.74, 6) is 1.13. The molecule has 17 heavy (non-hydrogen) atoms. The van der Waals surface area contributed by atoms with Crippen molar-refractivity contribution >= 4 is 9.84 Å². The molecule has 1 rings (SSSR count). The third kappa shape index (κ3) is 3.81. The molecule has 1 atom stereocenters. The second-order valence-electron chi connectivity index (χ2n) is 4.15. The summed E-state index contributed by atoms with van der Waals surface area (Å²) >= 11 is 0. The van der Waals surface area contributed by atoms with Gasteiger partial charge in [-0.25, -0.2) is 8.42 Å². The molecule has 1 heterocycles. The van der Waals surface area contributed by atoms with E-state index in [1.807, 2.05) is 20.8 Å². The molecular weight excluding hydrogens is 240 g/mol. The number of aryl methyl sites for hydroxylation is 2. The van der Waals surface area contributed by atoms with E-state index in [4.69, 9.17) is 4.52 Å². The topological polar surface area (TPSA) is 72.2 Å². The van der Waals surface area contributed by atoms with Gasteiger partial charge in [-0.1, -0.05) is 12.1 Å². The number of nitrogens with one attached hydrogen (secondary N) is 1. The van der Waals surface area contributed by atoms with Crippen LogP contribution in [0.5, 0.6) is 0 Å². The van der Waals surface area contributed by atoms with Crippen LogP contribution in [0.15, 0.2) is 4.52 Å². The van der Waals surface area contributed by atoms with Crippen molar-refractivity contribution in [2.24, 2.45) is 0 Å². The Balaban J connectivity index is 2.54. The molecule has 0 saturated carbocycles. The number of aromatic nitrogens is 1. The van der Waals surface area contributed by atoms with Crippen LogP contribution < -0.4 is 5.32 Å². The number of hydrogen-bond donors (Lipinski definition) is 1. The summed E-state index contributed by atoms with van der Waals surface area (Å²) in [4.78, 5) is 0. The van der Waals surface area contributed by atoms with Gasteiger partial charge in [0.1, 0.15) is 5.76 Å². The number of nitrogens with zero attached hydrogens (tertiary/aromatic N) is 1. The normalized spacial score (nSPS) is 13.9. The Bertz CT molecular complexity index is 446. The average molecular weight is 260 g/mol. The fraction of sp³-hybridized carbons (Fsp3) is 0.727. The third-order valence-electron chi connectivity index (χ3n) is 2.83. The van der Waals surface area contributed by atoms with Crippen molar-refractivity contribution in [1.29, 1.82) is 0 Å². The zero-order chi connectivity index (χ0) is 13.1. The maximum absolute atomic E-state index is 11.3. The lowest BCUT2D eigenvalue weighted by atomic mass is 10.1. The fourth-order valence-electron chi connectivity index (χ4n) is 1.79. The molecule has 0 aliphatic rings. The zero-order valence-corrected chi connectivity index (χ0v) is 11.6. The first-order valence-corrected chi connectivity index (χ1v) is 7.56. The second kappa shape index (κ2) is 5.64. The van der Waals surface area contributed by atoms with Crippen LogP contribution in [0.3, 0.4) is 0 Å². The smallest absolute Gasteiger partial charge is 0.151 e. The van der Waals surface area contributed by atoms with Crippen molar-refractivity contribution in [2.75, 3.05) is 18.1 Å². The summed E-state index contributed by atoms with van der Waals surface area (Å²) in [6, 6.07) is 0.0494. The van der Waals surface area contributed by atoms with E-state index in [-0.39, 0.29) is 17.5 Å². The standard InChI is InChI=1S/C11H20N2O3S/c1-5-17(14,15)7-6-12-8(2)11-9(3)13-16-10(11)4/h8,12H,5-7H2,1-4H3. The van der Waals surface area contributed by atoms with Crippen LogP contribution in [0.25, 0.3) is 0 Å². The highest BCUT2D eigenvalue weighted by atomic mass is 32.2. The van der Waals surface area contributed by atoms with Crippen LogP contribution in [0.4, 0.5) is 0 Å². The first-order valence-electron chi connectivity index (χ1n) is 5.74. The van der Waals surface area contributed by atoms with E-state index >= 15 is 0 Å². The van der Waals surface area contributed by atoms with Crippen LogP contribution in [0.1, 0.15) is 36.9 Å². The molecular formula is C11H20N2O3S. The van der Waals surface area contributed by atoms with Crippen LogP contribution in [0.2, 0.25) is 0 Å². The van der Waals surface area contributed by atoms with Crippen molar-refractivity contribution in [1.82, 2.24) is 10.5 Å². The molecule has 0 spiro atoms. The summed E-state index contributed by atoms with van der Waals surface area (Å²) in [6.07, 6.45) is 0. The molecule has 0 aliphatic carbocycles. The van der Waals surface area contributed by atoms with Gasteiger partial charge in [0.25, 0.3) is 0 Å². The van der Waals surface area contributed by atoms with Crippen molar-refractivity contribution in [3.8, 4) is 0 Å². The molecule has 0 aliphatic heterocycles. The van der Waals surface area contributed by atoms with Gasteiger partial charge in [-0.05, 0) is 20.8 Å². The molecule has 98 valence electrons. The quantitative estimate of drug-likeness (QED) is 0.836. The van der Waals surface area contributed by atoms with E-state index in [1.165, 1.54) is 0 Å². The Kier molecular flexibility index (Phi) is 4.70. The highest BCUT2D eigenvalue weighted by Gasteiger charge is 2.16. The fourth-order valence-corrected chi connectivity index (χ4v) is 2.50. The summed E-state index contributed by atoms with van der Waals surface area (Å²) < 4.78 is 27.7. The Labute approximate surface area is 102 Å². The summed E-state index contributed by atoms with van der Waals surface area (Å²) in [5.41, 5.74) is 1.86. The number of hydrogen-bond acceptors (Lipinski definition) is 5. The number of sulfone groups is 1. The highest BCUT2D eigenvalue weighted by Crippen LogP contribution is 2.20. The van der Waals surface area contributed by atoms with Gasteiger partial charge in [0, 0.05) is 23.9 Å². The average Bonchev–Trinajstić information content (AvgIpc) is 2.58. The van der Waals surface area contributed by atoms with E-state index in [0.29, 0.717) is 6.54 Å². The second-order valence-corrected chi connectivity index (χ2v) is 6.62. The minimum absolute atomic E-state index is 0.0494. The molecule has 5 nitrogen and oxygen atoms in total. The summed E-state index contributed by atoms with van der Waals surface area (Å²) in [7, 11) is -2.91.